The number of carbonyl (C=O) groups is 1. The third kappa shape index (κ3) is 2.36. The summed E-state index contributed by atoms with van der Waals surface area (Å²) >= 11 is 0. The number of amides is 1. The molecule has 0 aromatic carbocycles. The Bertz CT molecular complexity index is 362. The summed E-state index contributed by atoms with van der Waals surface area (Å²) in [6, 6.07) is 0. The highest BCUT2D eigenvalue weighted by Crippen LogP contribution is 2.18. The van der Waals surface area contributed by atoms with E-state index < -0.39 is 10.0 Å². The van der Waals surface area contributed by atoms with Crippen LogP contribution in [0.3, 0.4) is 0 Å². The van der Waals surface area contributed by atoms with Gasteiger partial charge in [-0.15, -0.1) is 0 Å². The van der Waals surface area contributed by atoms with Crippen LogP contribution in [0.5, 0.6) is 0 Å². The van der Waals surface area contributed by atoms with Crippen LogP contribution in [-0.2, 0) is 14.8 Å². The summed E-state index contributed by atoms with van der Waals surface area (Å²) in [6.45, 7) is 2.28. The lowest BCUT2D eigenvalue weighted by atomic mass is 10.2. The molecule has 2 aliphatic rings. The smallest absolute Gasteiger partial charge is 0.235 e. The summed E-state index contributed by atoms with van der Waals surface area (Å²) in [5.74, 6) is -0.205. The Morgan fingerprint density at radius 3 is 2.50 bits per heavy atom. The van der Waals surface area contributed by atoms with E-state index in [0.29, 0.717) is 25.9 Å². The van der Waals surface area contributed by atoms with Gasteiger partial charge in [0.05, 0.1) is 11.8 Å². The lowest BCUT2D eigenvalue weighted by Crippen LogP contribution is -2.53. The van der Waals surface area contributed by atoms with Gasteiger partial charge in [0.2, 0.25) is 15.9 Å². The van der Waals surface area contributed by atoms with Crippen LogP contribution in [0, 0.1) is 0 Å². The minimum Gasteiger partial charge on any atom is -0.354 e. The Labute approximate surface area is 95.4 Å². The zero-order valence-corrected chi connectivity index (χ0v) is 9.92. The molecule has 1 amide bonds. The first-order chi connectivity index (χ1) is 7.60. The lowest BCUT2D eigenvalue weighted by molar-refractivity contribution is -0.122. The maximum Gasteiger partial charge on any atom is 0.235 e. The van der Waals surface area contributed by atoms with Crippen molar-refractivity contribution in [2.24, 2.45) is 0 Å². The molecule has 2 rings (SSSR count). The monoisotopic (exact) mass is 247 g/mol. The van der Waals surface area contributed by atoms with Gasteiger partial charge >= 0.3 is 0 Å². The summed E-state index contributed by atoms with van der Waals surface area (Å²) in [5.41, 5.74) is 0. The molecule has 0 atom stereocenters. The fourth-order valence-electron chi connectivity index (χ4n) is 2.14. The summed E-state index contributed by atoms with van der Waals surface area (Å²) in [4.78, 5) is 11.2. The standard InChI is InChI=1S/C9H17N3O3S/c13-9-7-12(6-5-11-9)16(14,15)8-1-3-10-4-2-8/h8,10H,1-7H2,(H,11,13). The molecule has 0 unspecified atom stereocenters. The van der Waals surface area contributed by atoms with Crippen LogP contribution in [0.15, 0.2) is 0 Å². The van der Waals surface area contributed by atoms with Gasteiger partial charge < -0.3 is 10.6 Å². The van der Waals surface area contributed by atoms with Crippen molar-refractivity contribution in [3.63, 3.8) is 0 Å². The molecule has 0 bridgehead atoms. The van der Waals surface area contributed by atoms with Crippen molar-refractivity contribution in [2.45, 2.75) is 18.1 Å². The molecule has 2 saturated heterocycles. The first-order valence-corrected chi connectivity index (χ1v) is 7.07. The van der Waals surface area contributed by atoms with Gasteiger partial charge in [0.1, 0.15) is 0 Å². The zero-order chi connectivity index (χ0) is 11.6. The number of hydrogen-bond donors (Lipinski definition) is 2. The van der Waals surface area contributed by atoms with E-state index in [9.17, 15) is 13.2 Å². The number of rotatable bonds is 2. The number of sulfonamides is 1. The minimum absolute atomic E-state index is 0.0216. The molecule has 0 aromatic rings. The van der Waals surface area contributed by atoms with Crippen molar-refractivity contribution >= 4 is 15.9 Å². The van der Waals surface area contributed by atoms with E-state index in [-0.39, 0.29) is 17.7 Å². The number of hydrogen-bond acceptors (Lipinski definition) is 4. The summed E-state index contributed by atoms with van der Waals surface area (Å²) in [7, 11) is -3.29. The first-order valence-electron chi connectivity index (χ1n) is 5.57. The Morgan fingerprint density at radius 1 is 1.19 bits per heavy atom. The van der Waals surface area contributed by atoms with Gasteiger partial charge in [-0.25, -0.2) is 8.42 Å². The van der Waals surface area contributed by atoms with Crippen LogP contribution in [0.2, 0.25) is 0 Å². The molecule has 6 nitrogen and oxygen atoms in total. The molecular formula is C9H17N3O3S. The van der Waals surface area contributed by atoms with E-state index >= 15 is 0 Å². The molecule has 7 heteroatoms. The predicted octanol–water partition coefficient (Wildman–Crippen LogP) is -1.50. The largest absolute Gasteiger partial charge is 0.354 e. The van der Waals surface area contributed by atoms with Gasteiger partial charge in [0, 0.05) is 13.1 Å². The summed E-state index contributed by atoms with van der Waals surface area (Å²) < 4.78 is 25.7. The van der Waals surface area contributed by atoms with Crippen LogP contribution in [0.25, 0.3) is 0 Å². The third-order valence-corrected chi connectivity index (χ3v) is 5.42. The van der Waals surface area contributed by atoms with Crippen molar-refractivity contribution in [1.29, 1.82) is 0 Å². The number of nitrogens with zero attached hydrogens (tertiary/aromatic N) is 1. The molecule has 92 valence electrons. The van der Waals surface area contributed by atoms with Crippen molar-refractivity contribution in [1.82, 2.24) is 14.9 Å². The van der Waals surface area contributed by atoms with E-state index in [1.165, 1.54) is 4.31 Å². The molecule has 2 N–H and O–H groups in total. The average Bonchev–Trinajstić information content (AvgIpc) is 2.30. The molecular weight excluding hydrogens is 230 g/mol. The summed E-state index contributed by atoms with van der Waals surface area (Å²) in [5, 5.41) is 5.45. The second-order valence-electron chi connectivity index (χ2n) is 4.18. The second-order valence-corrected chi connectivity index (χ2v) is 6.39. The highest BCUT2D eigenvalue weighted by molar-refractivity contribution is 7.89. The Morgan fingerprint density at radius 2 is 1.88 bits per heavy atom. The maximum absolute atomic E-state index is 12.2. The molecule has 16 heavy (non-hydrogen) atoms. The quantitative estimate of drug-likeness (QED) is 0.622. The van der Waals surface area contributed by atoms with Crippen molar-refractivity contribution < 1.29 is 13.2 Å². The molecule has 2 aliphatic heterocycles. The molecule has 0 aliphatic carbocycles. The SMILES string of the molecule is O=C1CN(S(=O)(=O)C2CCNCC2)CCN1. The van der Waals surface area contributed by atoms with Gasteiger partial charge in [-0.1, -0.05) is 0 Å². The van der Waals surface area contributed by atoms with E-state index in [0.717, 1.165) is 13.1 Å². The van der Waals surface area contributed by atoms with Crippen molar-refractivity contribution in [3.8, 4) is 0 Å². The Kier molecular flexibility index (Phi) is 3.46. The number of piperazine rings is 1. The van der Waals surface area contributed by atoms with Crippen LogP contribution >= 0.6 is 0 Å². The van der Waals surface area contributed by atoms with E-state index in [1.54, 1.807) is 0 Å². The first kappa shape index (κ1) is 11.8. The van der Waals surface area contributed by atoms with Crippen LogP contribution in [-0.4, -0.2) is 56.6 Å². The van der Waals surface area contributed by atoms with Crippen LogP contribution in [0.1, 0.15) is 12.8 Å². The molecule has 0 saturated carbocycles. The Hall–Kier alpha value is -0.660. The minimum atomic E-state index is -3.29. The van der Waals surface area contributed by atoms with Crippen molar-refractivity contribution in [2.75, 3.05) is 32.7 Å². The normalized spacial score (nSPS) is 25.4. The number of piperidine rings is 1. The average molecular weight is 247 g/mol. The molecule has 2 heterocycles. The lowest BCUT2D eigenvalue weighted by Gasteiger charge is -2.31. The summed E-state index contributed by atoms with van der Waals surface area (Å²) in [6.07, 6.45) is 1.28. The van der Waals surface area contributed by atoms with Gasteiger partial charge in [-0.3, -0.25) is 4.79 Å². The van der Waals surface area contributed by atoms with E-state index in [4.69, 9.17) is 0 Å². The third-order valence-electron chi connectivity index (χ3n) is 3.07. The second kappa shape index (κ2) is 4.68. The number of nitrogens with one attached hydrogen (secondary N) is 2. The van der Waals surface area contributed by atoms with Crippen LogP contribution < -0.4 is 10.6 Å². The number of carbonyl (C=O) groups excluding carboxylic acids is 1. The van der Waals surface area contributed by atoms with E-state index in [2.05, 4.69) is 10.6 Å². The Balaban J connectivity index is 2.07. The van der Waals surface area contributed by atoms with Crippen molar-refractivity contribution in [3.05, 3.63) is 0 Å². The topological polar surface area (TPSA) is 78.5 Å². The maximum atomic E-state index is 12.2. The van der Waals surface area contributed by atoms with E-state index in [1.807, 2.05) is 0 Å². The fourth-order valence-corrected chi connectivity index (χ4v) is 4.03. The van der Waals surface area contributed by atoms with Gasteiger partial charge in [-0.05, 0) is 25.9 Å². The molecule has 0 aromatic heterocycles. The van der Waals surface area contributed by atoms with Gasteiger partial charge in [0.25, 0.3) is 0 Å². The van der Waals surface area contributed by atoms with Crippen LogP contribution in [0.4, 0.5) is 0 Å². The highest BCUT2D eigenvalue weighted by Gasteiger charge is 2.35. The predicted molar refractivity (Wildman–Crippen MR) is 59.4 cm³/mol. The molecule has 2 fully saturated rings. The zero-order valence-electron chi connectivity index (χ0n) is 9.11. The highest BCUT2D eigenvalue weighted by atomic mass is 32.2. The van der Waals surface area contributed by atoms with Gasteiger partial charge in [-0.2, -0.15) is 4.31 Å². The molecule has 0 spiro atoms. The van der Waals surface area contributed by atoms with Gasteiger partial charge in [0.15, 0.2) is 0 Å². The fraction of sp³-hybridized carbons (Fsp3) is 0.889. The molecule has 0 radical (unpaired) electrons.